The molecule has 42 heavy (non-hydrogen) atoms. The van der Waals surface area contributed by atoms with Crippen LogP contribution in [0, 0.1) is 34.5 Å². The van der Waals surface area contributed by atoms with Gasteiger partial charge in [-0.3, -0.25) is 4.90 Å². The molecule has 6 fully saturated rings. The molecule has 232 valence electrons. The fourth-order valence-electron chi connectivity index (χ4n) is 11.8. The fourth-order valence-corrected chi connectivity index (χ4v) is 11.8. The van der Waals surface area contributed by atoms with Crippen LogP contribution in [0.5, 0.6) is 0 Å². The third-order valence-corrected chi connectivity index (χ3v) is 12.8. The van der Waals surface area contributed by atoms with Gasteiger partial charge in [0.05, 0.1) is 42.2 Å². The molecule has 14 atom stereocenters. The number of esters is 1. The molecule has 1 aromatic rings. The molecule has 5 unspecified atom stereocenters. The van der Waals surface area contributed by atoms with Crippen molar-refractivity contribution in [1.82, 2.24) is 4.90 Å². The van der Waals surface area contributed by atoms with Crippen LogP contribution in [0.1, 0.15) is 36.5 Å². The molecule has 1 aromatic carbocycles. The first kappa shape index (κ1) is 29.1. The van der Waals surface area contributed by atoms with Crippen molar-refractivity contribution in [2.45, 2.75) is 73.9 Å². The summed E-state index contributed by atoms with van der Waals surface area (Å²) in [5.41, 5.74) is -3.77. The quantitative estimate of drug-likeness (QED) is 0.381. The van der Waals surface area contributed by atoms with E-state index in [0.717, 1.165) is 0 Å². The van der Waals surface area contributed by atoms with Crippen LogP contribution in [0.15, 0.2) is 30.3 Å². The second kappa shape index (κ2) is 9.68. The molecule has 1 saturated heterocycles. The maximum atomic E-state index is 13.5. The Kier molecular flexibility index (Phi) is 6.71. The van der Waals surface area contributed by atoms with Crippen molar-refractivity contribution in [1.29, 1.82) is 0 Å². The lowest BCUT2D eigenvalue weighted by molar-refractivity contribution is -0.298. The highest BCUT2D eigenvalue weighted by Crippen LogP contribution is 2.80. The van der Waals surface area contributed by atoms with E-state index in [0.29, 0.717) is 31.7 Å². The summed E-state index contributed by atoms with van der Waals surface area (Å²) >= 11 is 0. The Morgan fingerprint density at radius 3 is 2.31 bits per heavy atom. The molecule has 1 aliphatic heterocycles. The van der Waals surface area contributed by atoms with Gasteiger partial charge in [0.2, 0.25) is 0 Å². The van der Waals surface area contributed by atoms with Crippen molar-refractivity contribution in [3.63, 3.8) is 0 Å². The number of likely N-dealkylation sites (tertiary alicyclic amines) is 1. The first-order valence-electron chi connectivity index (χ1n) is 15.3. The van der Waals surface area contributed by atoms with Crippen molar-refractivity contribution in [3.05, 3.63) is 35.9 Å². The summed E-state index contributed by atoms with van der Waals surface area (Å²) in [5.74, 6) is -2.02. The van der Waals surface area contributed by atoms with Crippen molar-refractivity contribution < 1.29 is 43.8 Å². The second-order valence-corrected chi connectivity index (χ2v) is 13.8. The molecule has 7 bridgehead atoms. The lowest BCUT2D eigenvalue weighted by Crippen LogP contribution is -2.79. The van der Waals surface area contributed by atoms with Gasteiger partial charge in [-0.15, -0.1) is 0 Å². The number of nitrogens with zero attached hydrogens (tertiary/aromatic N) is 1. The summed E-state index contributed by atoms with van der Waals surface area (Å²) in [5, 5.41) is 37.6. The number of aliphatic hydroxyl groups excluding tert-OH is 1. The monoisotopic (exact) mass is 587 g/mol. The van der Waals surface area contributed by atoms with E-state index in [2.05, 4.69) is 11.8 Å². The molecule has 10 heteroatoms. The number of carbonyl (C=O) groups excluding carboxylic acids is 1. The molecule has 1 heterocycles. The van der Waals surface area contributed by atoms with Crippen molar-refractivity contribution >= 4 is 5.97 Å². The lowest BCUT2D eigenvalue weighted by atomic mass is 9.42. The van der Waals surface area contributed by atoms with E-state index in [-0.39, 0.29) is 36.8 Å². The number of carbonyl (C=O) groups is 1. The summed E-state index contributed by atoms with van der Waals surface area (Å²) in [6.45, 7) is 3.76. The van der Waals surface area contributed by atoms with Crippen LogP contribution in [0.2, 0.25) is 0 Å². The molecule has 6 aliphatic rings. The van der Waals surface area contributed by atoms with Crippen molar-refractivity contribution in [2.24, 2.45) is 34.5 Å². The molecule has 0 amide bonds. The summed E-state index contributed by atoms with van der Waals surface area (Å²) in [7, 11) is 6.60. The van der Waals surface area contributed by atoms with Gasteiger partial charge >= 0.3 is 5.97 Å². The minimum atomic E-state index is -1.51. The van der Waals surface area contributed by atoms with Gasteiger partial charge in [0.1, 0.15) is 11.7 Å². The van der Waals surface area contributed by atoms with E-state index >= 15 is 0 Å². The van der Waals surface area contributed by atoms with Crippen molar-refractivity contribution in [3.8, 4) is 0 Å². The minimum Gasteiger partial charge on any atom is -0.455 e. The molecular formula is C32H45NO9. The fraction of sp³-hybridized carbons (Fsp3) is 0.781. The van der Waals surface area contributed by atoms with Gasteiger partial charge in [0, 0.05) is 82.5 Å². The third-order valence-electron chi connectivity index (χ3n) is 12.8. The maximum absolute atomic E-state index is 13.5. The zero-order chi connectivity index (χ0) is 29.8. The predicted octanol–water partition coefficient (Wildman–Crippen LogP) is 1.11. The number of hydrogen-bond acceptors (Lipinski definition) is 10. The Morgan fingerprint density at radius 2 is 1.69 bits per heavy atom. The highest BCUT2D eigenvalue weighted by atomic mass is 16.6. The van der Waals surface area contributed by atoms with Crippen LogP contribution < -0.4 is 0 Å². The van der Waals surface area contributed by atoms with E-state index in [4.69, 9.17) is 23.7 Å². The van der Waals surface area contributed by atoms with Crippen molar-refractivity contribution in [2.75, 3.05) is 48.1 Å². The number of fused-ring (bicyclic) bond motifs is 2. The molecule has 0 radical (unpaired) electrons. The molecule has 3 N–H and O–H groups in total. The lowest BCUT2D eigenvalue weighted by Gasteiger charge is -2.70. The van der Waals surface area contributed by atoms with Crippen LogP contribution in [0.25, 0.3) is 0 Å². The molecule has 1 spiro atoms. The normalized spacial score (nSPS) is 51.9. The van der Waals surface area contributed by atoms with Crippen LogP contribution in [-0.2, 0) is 23.7 Å². The Bertz CT molecular complexity index is 1220. The number of hydrogen-bond donors (Lipinski definition) is 3. The van der Waals surface area contributed by atoms with E-state index in [1.807, 2.05) is 6.07 Å². The molecule has 0 aromatic heterocycles. The summed E-state index contributed by atoms with van der Waals surface area (Å²) in [6, 6.07) is 8.63. The first-order chi connectivity index (χ1) is 20.1. The minimum absolute atomic E-state index is 0.130. The second-order valence-electron chi connectivity index (χ2n) is 13.8. The number of ether oxygens (including phenoxy) is 5. The number of methoxy groups -OCH3 is 4. The van der Waals surface area contributed by atoms with Gasteiger partial charge in [0.15, 0.2) is 0 Å². The zero-order valence-corrected chi connectivity index (χ0v) is 25.1. The Morgan fingerprint density at radius 1 is 0.976 bits per heavy atom. The average Bonchev–Trinajstić information content (AvgIpc) is 3.37. The smallest absolute Gasteiger partial charge is 0.338 e. The van der Waals surface area contributed by atoms with E-state index < -0.39 is 64.3 Å². The van der Waals surface area contributed by atoms with Crippen LogP contribution in [-0.4, -0.2) is 122 Å². The molecular weight excluding hydrogens is 542 g/mol. The standard InChI is InChI=1S/C32H45NO9/c1-6-33-15-29(16-38-2)19(34)12-20(39-3)32-18-13-30(36)21(40-4)14-31(37,23(26(32)33)24(41-5)25(29)32)22(18)27(30)42-28(35)17-10-8-7-9-11-17/h7-11,18-27,34,36-37H,6,12-16H2,1-5H3/t18-,19?,20+,21+,22?,23?,24+,25-,26?,27+,29+,30-,31-,32?/m1/s1. The van der Waals surface area contributed by atoms with E-state index in [1.165, 1.54) is 0 Å². The van der Waals surface area contributed by atoms with Gasteiger partial charge < -0.3 is 39.0 Å². The Hall–Kier alpha value is -1.63. The SMILES string of the molecule is CCN1C[C@]2(COC)C(O)C[C@H](OC)C34C1C([C@H](OC)[C@@H]32)[C@@]1(O)C[C@H](OC)[C@]2(O)C[C@@H]4C1[C@@H]2OC(=O)c1ccccc1. The topological polar surface area (TPSA) is 127 Å². The van der Waals surface area contributed by atoms with Gasteiger partial charge in [-0.05, 0) is 31.0 Å². The first-order valence-corrected chi connectivity index (χ1v) is 15.3. The van der Waals surface area contributed by atoms with Crippen LogP contribution >= 0.6 is 0 Å². The summed E-state index contributed by atoms with van der Waals surface area (Å²) < 4.78 is 30.8. The Labute approximate surface area is 247 Å². The zero-order valence-electron chi connectivity index (χ0n) is 25.1. The average molecular weight is 588 g/mol. The number of piperidine rings is 1. The van der Waals surface area contributed by atoms with Crippen LogP contribution in [0.3, 0.4) is 0 Å². The van der Waals surface area contributed by atoms with E-state index in [1.54, 1.807) is 52.7 Å². The molecule has 7 rings (SSSR count). The highest BCUT2D eigenvalue weighted by molar-refractivity contribution is 5.89. The number of benzene rings is 1. The number of rotatable bonds is 8. The van der Waals surface area contributed by atoms with E-state index in [9.17, 15) is 20.1 Å². The van der Waals surface area contributed by atoms with Gasteiger partial charge in [-0.2, -0.15) is 0 Å². The van der Waals surface area contributed by atoms with Crippen LogP contribution in [0.4, 0.5) is 0 Å². The highest BCUT2D eigenvalue weighted by Gasteiger charge is 2.89. The van der Waals surface area contributed by atoms with Gasteiger partial charge in [-0.25, -0.2) is 4.79 Å². The summed E-state index contributed by atoms with van der Waals surface area (Å²) in [6.07, 6.45) is -2.36. The van der Waals surface area contributed by atoms with Gasteiger partial charge in [0.25, 0.3) is 0 Å². The maximum Gasteiger partial charge on any atom is 0.338 e. The predicted molar refractivity (Wildman–Crippen MR) is 150 cm³/mol. The third kappa shape index (κ3) is 3.20. The molecule has 5 aliphatic carbocycles. The Balaban J connectivity index is 1.46. The summed E-state index contributed by atoms with van der Waals surface area (Å²) in [4.78, 5) is 15.9. The van der Waals surface area contributed by atoms with Gasteiger partial charge in [-0.1, -0.05) is 25.1 Å². The number of aliphatic hydroxyl groups is 3. The largest absolute Gasteiger partial charge is 0.455 e. The molecule has 5 saturated carbocycles. The molecule has 10 nitrogen and oxygen atoms in total.